The Kier molecular flexibility index (Phi) is 6.42. The van der Waals surface area contributed by atoms with E-state index in [2.05, 4.69) is 5.32 Å². The van der Waals surface area contributed by atoms with Crippen molar-refractivity contribution >= 4 is 22.9 Å². The molecule has 0 aliphatic rings. The van der Waals surface area contributed by atoms with E-state index >= 15 is 0 Å². The van der Waals surface area contributed by atoms with Gasteiger partial charge in [-0.1, -0.05) is 25.6 Å². The quantitative estimate of drug-likeness (QED) is 0.754. The van der Waals surface area contributed by atoms with Gasteiger partial charge in [0, 0.05) is 24.4 Å². The maximum absolute atomic E-state index is 12.9. The Balaban J connectivity index is 3.05. The molecule has 1 aromatic carbocycles. The molecule has 3 N–H and O–H groups in total. The predicted molar refractivity (Wildman–Crippen MR) is 81.5 cm³/mol. The van der Waals surface area contributed by atoms with Crippen LogP contribution >= 0.6 is 12.2 Å². The molecule has 3 nitrogen and oxygen atoms in total. The van der Waals surface area contributed by atoms with Crippen molar-refractivity contribution in [3.8, 4) is 0 Å². The van der Waals surface area contributed by atoms with Crippen molar-refractivity contribution in [2.45, 2.75) is 32.0 Å². The van der Waals surface area contributed by atoms with E-state index in [1.165, 1.54) is 12.1 Å². The molecular formula is C14H19F3N2OS. The van der Waals surface area contributed by atoms with Gasteiger partial charge in [0.2, 0.25) is 0 Å². The second-order valence-corrected chi connectivity index (χ2v) is 5.15. The smallest absolute Gasteiger partial charge is 0.389 e. The summed E-state index contributed by atoms with van der Waals surface area (Å²) in [4.78, 5) is -0.273. The molecule has 0 saturated carbocycles. The molecule has 0 bridgehead atoms. The molecule has 0 amide bonds. The van der Waals surface area contributed by atoms with Gasteiger partial charge in [0.05, 0.1) is 12.2 Å². The van der Waals surface area contributed by atoms with E-state index < -0.39 is 11.7 Å². The third-order valence-electron chi connectivity index (χ3n) is 2.97. The first-order chi connectivity index (χ1) is 9.79. The average Bonchev–Trinajstić information content (AvgIpc) is 2.38. The molecule has 0 radical (unpaired) electrons. The number of nitrogens with two attached hydrogens (primary N) is 1. The Morgan fingerprint density at radius 2 is 2.10 bits per heavy atom. The van der Waals surface area contributed by atoms with Crippen molar-refractivity contribution in [1.82, 2.24) is 0 Å². The zero-order valence-corrected chi connectivity index (χ0v) is 12.8. The second kappa shape index (κ2) is 7.61. The summed E-state index contributed by atoms with van der Waals surface area (Å²) in [5, 5.41) is 3.15. The minimum Gasteiger partial charge on any atom is -0.389 e. The molecule has 0 fully saturated rings. The number of alkyl halides is 3. The number of anilines is 1. The number of benzene rings is 1. The first kappa shape index (κ1) is 17.7. The molecule has 1 atom stereocenters. The highest BCUT2D eigenvalue weighted by Gasteiger charge is 2.34. The maximum Gasteiger partial charge on any atom is 0.417 e. The lowest BCUT2D eigenvalue weighted by atomic mass is 10.1. The fourth-order valence-corrected chi connectivity index (χ4v) is 2.24. The number of methoxy groups -OCH3 is 1. The zero-order valence-electron chi connectivity index (χ0n) is 12.0. The van der Waals surface area contributed by atoms with Gasteiger partial charge in [-0.15, -0.1) is 0 Å². The minimum atomic E-state index is -4.48. The van der Waals surface area contributed by atoms with E-state index in [9.17, 15) is 13.2 Å². The van der Waals surface area contributed by atoms with Crippen LogP contribution in [0.3, 0.4) is 0 Å². The largest absolute Gasteiger partial charge is 0.417 e. The molecule has 1 unspecified atom stereocenters. The molecule has 1 rings (SSSR count). The van der Waals surface area contributed by atoms with Gasteiger partial charge >= 0.3 is 6.18 Å². The van der Waals surface area contributed by atoms with E-state index in [0.29, 0.717) is 12.3 Å². The van der Waals surface area contributed by atoms with Gasteiger partial charge in [-0.05, 0) is 24.6 Å². The number of hydrogen-bond acceptors (Lipinski definition) is 3. The van der Waals surface area contributed by atoms with E-state index in [0.717, 1.165) is 18.9 Å². The van der Waals surface area contributed by atoms with Gasteiger partial charge < -0.3 is 15.8 Å². The standard InChI is InChI=1S/C14H19F3N2OS/c1-3-4-10(8-20-2)19-9-5-6-12(14(15,16)17)11(7-9)13(18)21/h5-7,10,19H,3-4,8H2,1-2H3,(H2,18,21). The zero-order chi connectivity index (χ0) is 16.0. The van der Waals surface area contributed by atoms with Crippen LogP contribution in [0.2, 0.25) is 0 Å². The number of halogens is 3. The molecule has 118 valence electrons. The lowest BCUT2D eigenvalue weighted by molar-refractivity contribution is -0.137. The summed E-state index contributed by atoms with van der Waals surface area (Å²) >= 11 is 4.72. The van der Waals surface area contributed by atoms with E-state index in [4.69, 9.17) is 22.7 Å². The molecule has 0 aromatic heterocycles. The lowest BCUT2D eigenvalue weighted by Crippen LogP contribution is -2.25. The Bertz CT molecular complexity index is 486. The number of thiocarbonyl (C=S) groups is 1. The Morgan fingerprint density at radius 3 is 2.57 bits per heavy atom. The molecule has 7 heteroatoms. The third kappa shape index (κ3) is 5.17. The van der Waals surface area contributed by atoms with Crippen molar-refractivity contribution in [3.05, 3.63) is 29.3 Å². The fraction of sp³-hybridized carbons (Fsp3) is 0.500. The Labute approximate surface area is 127 Å². The van der Waals surface area contributed by atoms with Gasteiger partial charge in [0.15, 0.2) is 0 Å². The monoisotopic (exact) mass is 320 g/mol. The van der Waals surface area contributed by atoms with Gasteiger partial charge in [0.25, 0.3) is 0 Å². The summed E-state index contributed by atoms with van der Waals surface area (Å²) in [6.07, 6.45) is -2.70. The first-order valence-electron chi connectivity index (χ1n) is 6.56. The van der Waals surface area contributed by atoms with Crippen LogP contribution in [-0.4, -0.2) is 24.7 Å². The Hall–Kier alpha value is -1.34. The van der Waals surface area contributed by atoms with Gasteiger partial charge in [-0.2, -0.15) is 13.2 Å². The topological polar surface area (TPSA) is 47.3 Å². The van der Waals surface area contributed by atoms with E-state index in [1.807, 2.05) is 6.92 Å². The van der Waals surface area contributed by atoms with Crippen molar-refractivity contribution in [1.29, 1.82) is 0 Å². The normalized spacial score (nSPS) is 13.0. The molecule has 1 aromatic rings. The number of nitrogens with one attached hydrogen (secondary N) is 1. The SMILES string of the molecule is CCCC(COC)Nc1ccc(C(F)(F)F)c(C(N)=S)c1. The van der Waals surface area contributed by atoms with Crippen molar-refractivity contribution in [3.63, 3.8) is 0 Å². The number of ether oxygens (including phenoxy) is 1. The summed E-state index contributed by atoms with van der Waals surface area (Å²) < 4.78 is 43.8. The molecule has 0 spiro atoms. The molecule has 0 aliphatic carbocycles. The molecule has 21 heavy (non-hydrogen) atoms. The average molecular weight is 320 g/mol. The first-order valence-corrected chi connectivity index (χ1v) is 6.97. The van der Waals surface area contributed by atoms with Gasteiger partial charge in [-0.3, -0.25) is 0 Å². The second-order valence-electron chi connectivity index (χ2n) is 4.71. The number of rotatable bonds is 7. The molecular weight excluding hydrogens is 301 g/mol. The highest BCUT2D eigenvalue weighted by atomic mass is 32.1. The van der Waals surface area contributed by atoms with Crippen LogP contribution < -0.4 is 11.1 Å². The van der Waals surface area contributed by atoms with Crippen LogP contribution in [0.4, 0.5) is 18.9 Å². The van der Waals surface area contributed by atoms with Crippen LogP contribution in [0.15, 0.2) is 18.2 Å². The lowest BCUT2D eigenvalue weighted by Gasteiger charge is -2.20. The summed E-state index contributed by atoms with van der Waals surface area (Å²) in [5.74, 6) is 0. The maximum atomic E-state index is 12.9. The van der Waals surface area contributed by atoms with Crippen molar-refractivity contribution in [2.24, 2.45) is 5.73 Å². The highest BCUT2D eigenvalue weighted by molar-refractivity contribution is 7.80. The molecule has 0 aliphatic heterocycles. The summed E-state index contributed by atoms with van der Waals surface area (Å²) in [5.41, 5.74) is 4.96. The van der Waals surface area contributed by atoms with Crippen LogP contribution in [0.5, 0.6) is 0 Å². The van der Waals surface area contributed by atoms with E-state index in [-0.39, 0.29) is 16.6 Å². The molecule has 0 heterocycles. The molecule has 0 saturated heterocycles. The van der Waals surface area contributed by atoms with E-state index in [1.54, 1.807) is 7.11 Å². The van der Waals surface area contributed by atoms with Crippen LogP contribution in [-0.2, 0) is 10.9 Å². The highest BCUT2D eigenvalue weighted by Crippen LogP contribution is 2.33. The van der Waals surface area contributed by atoms with Crippen LogP contribution in [0.1, 0.15) is 30.9 Å². The summed E-state index contributed by atoms with van der Waals surface area (Å²) in [7, 11) is 1.58. The van der Waals surface area contributed by atoms with Gasteiger partial charge in [-0.25, -0.2) is 0 Å². The van der Waals surface area contributed by atoms with Crippen molar-refractivity contribution in [2.75, 3.05) is 19.0 Å². The van der Waals surface area contributed by atoms with Crippen LogP contribution in [0, 0.1) is 0 Å². The minimum absolute atomic E-state index is 0.0240. The fourth-order valence-electron chi connectivity index (χ4n) is 2.07. The summed E-state index contributed by atoms with van der Waals surface area (Å²) in [6, 6.07) is 3.73. The Morgan fingerprint density at radius 1 is 1.43 bits per heavy atom. The van der Waals surface area contributed by atoms with Crippen LogP contribution in [0.25, 0.3) is 0 Å². The predicted octanol–water partition coefficient (Wildman–Crippen LogP) is 3.57. The number of hydrogen-bond donors (Lipinski definition) is 2. The van der Waals surface area contributed by atoms with Crippen molar-refractivity contribution < 1.29 is 17.9 Å². The summed E-state index contributed by atoms with van der Waals surface area (Å²) in [6.45, 7) is 2.49. The third-order valence-corrected chi connectivity index (χ3v) is 3.19. The van der Waals surface area contributed by atoms with Gasteiger partial charge in [0.1, 0.15) is 4.99 Å².